The van der Waals surface area contributed by atoms with Crippen LogP contribution >= 0.6 is 11.8 Å². The van der Waals surface area contributed by atoms with Gasteiger partial charge in [0.25, 0.3) is 5.56 Å². The number of nitrogens with one attached hydrogen (secondary N) is 1. The van der Waals surface area contributed by atoms with Gasteiger partial charge in [0, 0.05) is 22.9 Å². The van der Waals surface area contributed by atoms with E-state index in [9.17, 15) is 9.90 Å². The lowest BCUT2D eigenvalue weighted by atomic mass is 10.2. The zero-order valence-electron chi connectivity index (χ0n) is 12.2. The van der Waals surface area contributed by atoms with Crippen LogP contribution in [0, 0.1) is 0 Å². The minimum atomic E-state index is -0.533. The van der Waals surface area contributed by atoms with Crippen LogP contribution in [-0.2, 0) is 6.42 Å². The van der Waals surface area contributed by atoms with Gasteiger partial charge in [-0.15, -0.1) is 0 Å². The smallest absolute Gasteiger partial charge is 0.251 e. The second kappa shape index (κ2) is 7.38. The van der Waals surface area contributed by atoms with Crippen LogP contribution in [0.3, 0.4) is 0 Å². The van der Waals surface area contributed by atoms with E-state index in [4.69, 9.17) is 0 Å². The largest absolute Gasteiger partial charge is 0.387 e. The van der Waals surface area contributed by atoms with Crippen molar-refractivity contribution in [3.8, 4) is 0 Å². The molecule has 0 fully saturated rings. The Bertz CT molecular complexity index is 640. The molecule has 0 spiro atoms. The molecule has 2 heterocycles. The molecule has 0 saturated heterocycles. The van der Waals surface area contributed by atoms with Crippen LogP contribution in [0.1, 0.15) is 44.2 Å². The molecule has 2 N–H and O–H groups in total. The molecule has 0 aliphatic heterocycles. The van der Waals surface area contributed by atoms with Crippen LogP contribution in [0.5, 0.6) is 0 Å². The van der Waals surface area contributed by atoms with Gasteiger partial charge in [-0.3, -0.25) is 9.78 Å². The average Bonchev–Trinajstić information content (AvgIpc) is 2.47. The number of hydrogen-bond acceptors (Lipinski definition) is 5. The molecule has 6 heteroatoms. The predicted octanol–water partition coefficient (Wildman–Crippen LogP) is 2.71. The van der Waals surface area contributed by atoms with Crippen molar-refractivity contribution in [1.82, 2.24) is 15.0 Å². The first kappa shape index (κ1) is 15.7. The van der Waals surface area contributed by atoms with Crippen molar-refractivity contribution in [2.24, 2.45) is 0 Å². The van der Waals surface area contributed by atoms with E-state index in [0.717, 1.165) is 23.4 Å². The molecule has 0 saturated carbocycles. The topological polar surface area (TPSA) is 78.9 Å². The molecule has 2 rings (SSSR count). The van der Waals surface area contributed by atoms with Crippen molar-refractivity contribution in [3.63, 3.8) is 0 Å². The molecule has 0 unspecified atom stereocenters. The average molecular weight is 305 g/mol. The summed E-state index contributed by atoms with van der Waals surface area (Å²) in [5.41, 5.74) is 1.32. The predicted molar refractivity (Wildman–Crippen MR) is 82.5 cm³/mol. The molecule has 2 aromatic heterocycles. The number of pyridine rings is 1. The van der Waals surface area contributed by atoms with Gasteiger partial charge in [0.1, 0.15) is 0 Å². The van der Waals surface area contributed by atoms with Gasteiger partial charge < -0.3 is 10.1 Å². The van der Waals surface area contributed by atoms with Crippen molar-refractivity contribution in [2.75, 3.05) is 0 Å². The summed E-state index contributed by atoms with van der Waals surface area (Å²) in [6.07, 6.45) is 3.52. The Balaban J connectivity index is 2.16. The fraction of sp³-hybridized carbons (Fsp3) is 0.400. The summed E-state index contributed by atoms with van der Waals surface area (Å²) in [4.78, 5) is 23.9. The van der Waals surface area contributed by atoms with Gasteiger partial charge in [-0.25, -0.2) is 4.98 Å². The number of hydrogen-bond donors (Lipinski definition) is 2. The lowest BCUT2D eigenvalue weighted by molar-refractivity contribution is 0.169. The van der Waals surface area contributed by atoms with E-state index in [0.29, 0.717) is 17.3 Å². The Morgan fingerprint density at radius 2 is 2.19 bits per heavy atom. The van der Waals surface area contributed by atoms with E-state index in [1.165, 1.54) is 17.8 Å². The van der Waals surface area contributed by atoms with E-state index in [2.05, 4.69) is 21.9 Å². The van der Waals surface area contributed by atoms with Crippen LogP contribution in [0.15, 0.2) is 39.2 Å². The van der Waals surface area contributed by atoms with E-state index >= 15 is 0 Å². The number of aliphatic hydroxyl groups is 1. The maximum atomic E-state index is 11.6. The standard InChI is InChI=1S/C15H19N3O2S/c1-3-5-10-8-14(20)18-15(17-10)21-11-6-7-12(16-9-11)13(19)4-2/h6-9,13,19H,3-5H2,1-2H3,(H,17,18,20)/t13-/m0/s1. The number of H-pyrrole nitrogens is 1. The number of nitrogens with zero attached hydrogens (tertiary/aromatic N) is 2. The Kier molecular flexibility index (Phi) is 5.52. The normalized spacial score (nSPS) is 12.3. The number of aliphatic hydroxyl groups excluding tert-OH is 1. The van der Waals surface area contributed by atoms with Crippen LogP contribution < -0.4 is 5.56 Å². The molecule has 0 aromatic carbocycles. The Morgan fingerprint density at radius 3 is 2.81 bits per heavy atom. The molecule has 5 nitrogen and oxygen atoms in total. The fourth-order valence-corrected chi connectivity index (χ4v) is 2.67. The van der Waals surface area contributed by atoms with Crippen molar-refractivity contribution >= 4 is 11.8 Å². The number of rotatable bonds is 6. The third kappa shape index (κ3) is 4.41. The van der Waals surface area contributed by atoms with Crippen molar-refractivity contribution in [3.05, 3.63) is 46.1 Å². The lowest BCUT2D eigenvalue weighted by Gasteiger charge is -2.07. The summed E-state index contributed by atoms with van der Waals surface area (Å²) < 4.78 is 0. The molecule has 21 heavy (non-hydrogen) atoms. The minimum absolute atomic E-state index is 0.137. The molecule has 1 atom stereocenters. The highest BCUT2D eigenvalue weighted by atomic mass is 32.2. The van der Waals surface area contributed by atoms with Gasteiger partial charge in [0.2, 0.25) is 0 Å². The molecule has 0 amide bonds. The van der Waals surface area contributed by atoms with E-state index in [1.54, 1.807) is 12.3 Å². The number of aromatic amines is 1. The van der Waals surface area contributed by atoms with E-state index in [1.807, 2.05) is 13.0 Å². The highest BCUT2D eigenvalue weighted by Gasteiger charge is 2.08. The zero-order valence-corrected chi connectivity index (χ0v) is 13.0. The van der Waals surface area contributed by atoms with Crippen molar-refractivity contribution in [1.29, 1.82) is 0 Å². The van der Waals surface area contributed by atoms with Crippen molar-refractivity contribution < 1.29 is 5.11 Å². The SMILES string of the molecule is CCCc1cc(=O)[nH]c(Sc2ccc([C@@H](O)CC)nc2)n1. The van der Waals surface area contributed by atoms with Gasteiger partial charge >= 0.3 is 0 Å². The third-order valence-corrected chi connectivity index (χ3v) is 3.84. The van der Waals surface area contributed by atoms with Gasteiger partial charge in [-0.05, 0) is 25.0 Å². The summed E-state index contributed by atoms with van der Waals surface area (Å²) in [7, 11) is 0. The molecular formula is C15H19N3O2S. The van der Waals surface area contributed by atoms with E-state index < -0.39 is 6.10 Å². The van der Waals surface area contributed by atoms with Crippen molar-refractivity contribution in [2.45, 2.75) is 49.3 Å². The second-order valence-corrected chi connectivity index (χ2v) is 5.80. The summed E-state index contributed by atoms with van der Waals surface area (Å²) >= 11 is 1.36. The monoisotopic (exact) mass is 305 g/mol. The quantitative estimate of drug-likeness (QED) is 0.802. The van der Waals surface area contributed by atoms with Crippen LogP contribution in [0.2, 0.25) is 0 Å². The molecule has 0 bridgehead atoms. The Hall–Kier alpha value is -1.66. The third-order valence-electron chi connectivity index (χ3n) is 2.98. The summed E-state index contributed by atoms with van der Waals surface area (Å²) in [5, 5.41) is 10.3. The highest BCUT2D eigenvalue weighted by molar-refractivity contribution is 7.99. The van der Waals surface area contributed by atoms with Gasteiger partial charge in [0.05, 0.1) is 11.8 Å². The maximum absolute atomic E-state index is 11.6. The summed E-state index contributed by atoms with van der Waals surface area (Å²) in [6.45, 7) is 3.96. The van der Waals surface area contributed by atoms with Gasteiger partial charge in [0.15, 0.2) is 5.16 Å². The molecule has 0 radical (unpaired) electrons. The first-order chi connectivity index (χ1) is 10.1. The van der Waals surface area contributed by atoms with Crippen LogP contribution in [0.4, 0.5) is 0 Å². The van der Waals surface area contributed by atoms with Gasteiger partial charge in [-0.1, -0.05) is 32.0 Å². The van der Waals surface area contributed by atoms with Gasteiger partial charge in [-0.2, -0.15) is 0 Å². The number of aromatic nitrogens is 3. The molecule has 2 aromatic rings. The highest BCUT2D eigenvalue weighted by Crippen LogP contribution is 2.24. The molecule has 112 valence electrons. The Labute approximate surface area is 127 Å². The second-order valence-electron chi connectivity index (χ2n) is 4.74. The number of aryl methyl sites for hydroxylation is 1. The fourth-order valence-electron chi connectivity index (χ4n) is 1.89. The summed E-state index contributed by atoms with van der Waals surface area (Å²) in [5.74, 6) is 0. The zero-order chi connectivity index (χ0) is 15.2. The van der Waals surface area contributed by atoms with E-state index in [-0.39, 0.29) is 5.56 Å². The van der Waals surface area contributed by atoms with Crippen LogP contribution in [0.25, 0.3) is 0 Å². The lowest BCUT2D eigenvalue weighted by Crippen LogP contribution is -2.09. The van der Waals surface area contributed by atoms with Crippen LogP contribution in [-0.4, -0.2) is 20.1 Å². The summed E-state index contributed by atoms with van der Waals surface area (Å²) in [6, 6.07) is 5.20. The molecule has 0 aliphatic carbocycles. The Morgan fingerprint density at radius 1 is 1.38 bits per heavy atom. The molecule has 0 aliphatic rings. The maximum Gasteiger partial charge on any atom is 0.251 e. The first-order valence-corrected chi connectivity index (χ1v) is 7.86. The molecular weight excluding hydrogens is 286 g/mol. The first-order valence-electron chi connectivity index (χ1n) is 7.04. The minimum Gasteiger partial charge on any atom is -0.387 e.